The molecule has 0 aliphatic heterocycles. The Morgan fingerprint density at radius 2 is 1.30 bits per heavy atom. The van der Waals surface area contributed by atoms with Crippen LogP contribution in [-0.4, -0.2) is 47.5 Å². The Bertz CT molecular complexity index is 939. The maximum atomic E-state index is 4.44. The van der Waals surface area contributed by atoms with Crippen LogP contribution in [0.3, 0.4) is 0 Å². The molecule has 5 heteroatoms. The predicted molar refractivity (Wildman–Crippen MR) is 146 cm³/mol. The quantitative estimate of drug-likeness (QED) is 0.213. The van der Waals surface area contributed by atoms with Crippen LogP contribution in [0.15, 0.2) is 54.7 Å². The van der Waals surface area contributed by atoms with Crippen molar-refractivity contribution >= 4 is 27.6 Å². The van der Waals surface area contributed by atoms with E-state index in [4.69, 9.17) is 0 Å². The van der Waals surface area contributed by atoms with E-state index in [1.807, 2.05) is 10.9 Å². The average molecular weight is 553 g/mol. The van der Waals surface area contributed by atoms with Gasteiger partial charge in [-0.05, 0) is 0 Å². The molecule has 0 spiro atoms. The van der Waals surface area contributed by atoms with Crippen molar-refractivity contribution in [2.75, 3.05) is 19.0 Å². The topological polar surface area (TPSA) is 34.0 Å². The summed E-state index contributed by atoms with van der Waals surface area (Å²) in [7, 11) is 4.11. The van der Waals surface area contributed by atoms with E-state index in [0.29, 0.717) is 0 Å². The molecule has 0 saturated carbocycles. The fraction of sp³-hybridized carbons (Fsp3) is 0.500. The van der Waals surface area contributed by atoms with Crippen molar-refractivity contribution in [1.29, 1.82) is 0 Å². The number of anilines is 1. The summed E-state index contributed by atoms with van der Waals surface area (Å²) in [6.45, 7) is 7.03. The van der Waals surface area contributed by atoms with E-state index in [9.17, 15) is 0 Å². The van der Waals surface area contributed by atoms with E-state index >= 15 is 0 Å². The minimum absolute atomic E-state index is 0.909. The van der Waals surface area contributed by atoms with E-state index in [1.165, 1.54) is 57.5 Å². The number of hydrogen-bond donors (Lipinski definition) is 0. The summed E-state index contributed by atoms with van der Waals surface area (Å²) >= 11 is -2.38. The molecule has 4 nitrogen and oxygen atoms in total. The Hall–Kier alpha value is -1.82. The number of nitrogens with zero attached hydrogens (tertiary/aromatic N) is 4. The first-order valence-corrected chi connectivity index (χ1v) is 20.3. The zero-order chi connectivity index (χ0) is 23.7. The summed E-state index contributed by atoms with van der Waals surface area (Å²) in [5.74, 6) is 0. The molecule has 178 valence electrons. The van der Waals surface area contributed by atoms with Gasteiger partial charge in [0, 0.05) is 14.1 Å². The number of rotatable bonds is 13. The van der Waals surface area contributed by atoms with Crippen molar-refractivity contribution in [3.63, 3.8) is 0 Å². The van der Waals surface area contributed by atoms with Crippen LogP contribution in [0.1, 0.15) is 59.3 Å². The summed E-state index contributed by atoms with van der Waals surface area (Å²) in [4.78, 5) is 2.11. The van der Waals surface area contributed by atoms with Gasteiger partial charge in [-0.25, -0.2) is 0 Å². The Morgan fingerprint density at radius 1 is 0.758 bits per heavy atom. The molecule has 0 atom stereocenters. The molecule has 0 fully saturated rings. The first kappa shape index (κ1) is 25.8. The molecule has 2 aromatic carbocycles. The van der Waals surface area contributed by atoms with Gasteiger partial charge >= 0.3 is 192 Å². The Labute approximate surface area is 205 Å². The SMILES string of the molecule is CCC[CH2][Sn]([CH2]CCC)([CH2]CCC)[c]1ccc(-n2cc(-c3ccc(N(C)C)cc3)nn2)cc1. The van der Waals surface area contributed by atoms with Gasteiger partial charge in [0.2, 0.25) is 0 Å². The van der Waals surface area contributed by atoms with Crippen LogP contribution < -0.4 is 8.48 Å². The fourth-order valence-electron chi connectivity index (χ4n) is 4.77. The Balaban J connectivity index is 1.84. The molecule has 3 rings (SSSR count). The van der Waals surface area contributed by atoms with Gasteiger partial charge < -0.3 is 0 Å². The van der Waals surface area contributed by atoms with Crippen LogP contribution in [0.5, 0.6) is 0 Å². The Morgan fingerprint density at radius 3 is 1.79 bits per heavy atom. The fourth-order valence-corrected chi connectivity index (χ4v) is 20.7. The molecule has 3 aromatic rings. The van der Waals surface area contributed by atoms with Crippen LogP contribution in [0, 0.1) is 0 Å². The zero-order valence-corrected chi connectivity index (χ0v) is 24.2. The second kappa shape index (κ2) is 12.6. The monoisotopic (exact) mass is 554 g/mol. The van der Waals surface area contributed by atoms with Gasteiger partial charge in [0.1, 0.15) is 0 Å². The molecular weight excluding hydrogens is 511 g/mol. The van der Waals surface area contributed by atoms with E-state index in [2.05, 4.69) is 98.6 Å². The van der Waals surface area contributed by atoms with E-state index in [0.717, 1.165) is 16.9 Å². The molecule has 0 amide bonds. The van der Waals surface area contributed by atoms with Gasteiger partial charge in [0.15, 0.2) is 0 Å². The van der Waals surface area contributed by atoms with Crippen LogP contribution >= 0.6 is 0 Å². The third-order valence-electron chi connectivity index (χ3n) is 6.94. The van der Waals surface area contributed by atoms with Gasteiger partial charge in [0.25, 0.3) is 0 Å². The minimum atomic E-state index is -2.38. The third-order valence-corrected chi connectivity index (χ3v) is 22.6. The summed E-state index contributed by atoms with van der Waals surface area (Å²) in [6, 6.07) is 17.9. The van der Waals surface area contributed by atoms with Gasteiger partial charge in [-0.2, -0.15) is 0 Å². The van der Waals surface area contributed by atoms with Crippen molar-refractivity contribution in [3.05, 3.63) is 54.7 Å². The molecule has 0 aliphatic rings. The van der Waals surface area contributed by atoms with Crippen LogP contribution in [-0.2, 0) is 0 Å². The van der Waals surface area contributed by atoms with E-state index in [-0.39, 0.29) is 0 Å². The molecule has 0 radical (unpaired) electrons. The van der Waals surface area contributed by atoms with Crippen molar-refractivity contribution in [1.82, 2.24) is 15.0 Å². The molecule has 1 heterocycles. The number of unbranched alkanes of at least 4 members (excludes halogenated alkanes) is 3. The van der Waals surface area contributed by atoms with E-state index < -0.39 is 18.4 Å². The van der Waals surface area contributed by atoms with Crippen molar-refractivity contribution in [3.8, 4) is 16.9 Å². The predicted octanol–water partition coefficient (Wildman–Crippen LogP) is 7.06. The first-order valence-electron chi connectivity index (χ1n) is 12.8. The number of aromatic nitrogens is 3. The molecule has 0 N–H and O–H groups in total. The standard InChI is InChI=1S/C16H15N4.3C4H9.Sn/c1-19(2)14-10-8-13(9-11-14)16-12-20(18-17-16)15-6-4-3-5-7-15;3*1-3-4-2;/h4-12H,1-2H3;3*1,3-4H2,2H3;. The summed E-state index contributed by atoms with van der Waals surface area (Å²) in [5, 5.41) is 8.88. The number of benzene rings is 2. The summed E-state index contributed by atoms with van der Waals surface area (Å²) < 4.78 is 8.13. The summed E-state index contributed by atoms with van der Waals surface area (Å²) in [6.07, 6.45) is 10.2. The van der Waals surface area contributed by atoms with E-state index in [1.54, 1.807) is 3.58 Å². The number of hydrogen-bond acceptors (Lipinski definition) is 3. The summed E-state index contributed by atoms with van der Waals surface area (Å²) in [5.41, 5.74) is 4.29. The van der Waals surface area contributed by atoms with Crippen molar-refractivity contribution < 1.29 is 0 Å². The Kier molecular flexibility index (Phi) is 9.84. The molecule has 0 saturated heterocycles. The van der Waals surface area contributed by atoms with Gasteiger partial charge in [-0.1, -0.05) is 0 Å². The van der Waals surface area contributed by atoms with Crippen LogP contribution in [0.25, 0.3) is 16.9 Å². The molecular formula is C28H42N4Sn. The van der Waals surface area contributed by atoms with Gasteiger partial charge in [0.05, 0.1) is 0 Å². The van der Waals surface area contributed by atoms with Crippen LogP contribution in [0.4, 0.5) is 5.69 Å². The van der Waals surface area contributed by atoms with Crippen LogP contribution in [0.2, 0.25) is 13.3 Å². The molecule has 0 unspecified atom stereocenters. The molecule has 33 heavy (non-hydrogen) atoms. The maximum absolute atomic E-state index is 4.44. The average Bonchev–Trinajstić information content (AvgIpc) is 3.34. The third kappa shape index (κ3) is 6.62. The molecule has 0 bridgehead atoms. The van der Waals surface area contributed by atoms with Gasteiger partial charge in [-0.15, -0.1) is 0 Å². The first-order chi connectivity index (χ1) is 16.0. The second-order valence-corrected chi connectivity index (χ2v) is 22.9. The zero-order valence-electron chi connectivity index (χ0n) is 21.3. The normalized spacial score (nSPS) is 11.7. The second-order valence-electron chi connectivity index (χ2n) is 9.63. The van der Waals surface area contributed by atoms with Crippen molar-refractivity contribution in [2.24, 2.45) is 0 Å². The molecule has 0 aliphatic carbocycles. The van der Waals surface area contributed by atoms with Gasteiger partial charge in [-0.3, -0.25) is 0 Å². The van der Waals surface area contributed by atoms with Crippen molar-refractivity contribution in [2.45, 2.75) is 72.6 Å². The molecule has 1 aromatic heterocycles.